The maximum absolute atomic E-state index is 13.0. The van der Waals surface area contributed by atoms with Crippen LogP contribution in [0.5, 0.6) is 11.6 Å². The van der Waals surface area contributed by atoms with Gasteiger partial charge in [0.25, 0.3) is 5.91 Å². The second-order valence-electron chi connectivity index (χ2n) is 7.56. The lowest BCUT2D eigenvalue weighted by atomic mass is 10.1. The highest BCUT2D eigenvalue weighted by atomic mass is 35.5. The number of rotatable bonds is 4. The molecule has 0 N–H and O–H groups in total. The first-order chi connectivity index (χ1) is 14.9. The molecule has 1 amide bonds. The van der Waals surface area contributed by atoms with Gasteiger partial charge < -0.3 is 14.5 Å². The van der Waals surface area contributed by atoms with Crippen molar-refractivity contribution in [2.24, 2.45) is 0 Å². The normalized spacial score (nSPS) is 16.3. The molecule has 0 bridgehead atoms. The second kappa shape index (κ2) is 9.12. The van der Waals surface area contributed by atoms with Crippen molar-refractivity contribution >= 4 is 34.9 Å². The van der Waals surface area contributed by atoms with Gasteiger partial charge in [0, 0.05) is 37.3 Å². The van der Waals surface area contributed by atoms with Crippen molar-refractivity contribution in [3.05, 3.63) is 76.0 Å². The summed E-state index contributed by atoms with van der Waals surface area (Å²) >= 11 is 12.1. The van der Waals surface area contributed by atoms with Crippen LogP contribution in [0.15, 0.2) is 54.9 Å². The van der Waals surface area contributed by atoms with E-state index in [1.54, 1.807) is 18.2 Å². The number of aromatic nitrogens is 2. The Balaban J connectivity index is 1.45. The van der Waals surface area contributed by atoms with Crippen LogP contribution < -0.4 is 9.64 Å². The Hall–Kier alpha value is -2.83. The monoisotopic (exact) mass is 456 g/mol. The zero-order valence-electron chi connectivity index (χ0n) is 17.3. The minimum Gasteiger partial charge on any atom is -0.439 e. The molecule has 1 atom stereocenters. The Bertz CT molecular complexity index is 1110. The maximum atomic E-state index is 13.0. The molecule has 6 nitrogen and oxygen atoms in total. The van der Waals surface area contributed by atoms with Gasteiger partial charge in [-0.2, -0.15) is 0 Å². The Kier molecular flexibility index (Phi) is 6.30. The molecule has 160 valence electrons. The number of halogens is 2. The van der Waals surface area contributed by atoms with E-state index in [9.17, 15) is 4.79 Å². The molecule has 0 spiro atoms. The average Bonchev–Trinajstić information content (AvgIpc) is 2.75. The fraction of sp³-hybridized carbons (Fsp3) is 0.261. The number of hydrogen-bond donors (Lipinski definition) is 0. The number of carbonyl (C=O) groups is 1. The standard InChI is InChI=1S/C23H22Cl2N4O2/c1-15-4-3-5-18(10-15)31-22-12-21(26-14-27-22)28-8-9-29(16(2)13-28)23(30)17-6-7-19(24)20(25)11-17/h3-7,10-12,14,16H,8-9,13H2,1-2H3/t16-/m1/s1. The largest absolute Gasteiger partial charge is 0.439 e. The molecule has 2 aromatic carbocycles. The minimum absolute atomic E-state index is 0.00758. The quantitative estimate of drug-likeness (QED) is 0.537. The van der Waals surface area contributed by atoms with Gasteiger partial charge in [-0.25, -0.2) is 9.97 Å². The van der Waals surface area contributed by atoms with E-state index < -0.39 is 0 Å². The lowest BCUT2D eigenvalue weighted by molar-refractivity contribution is 0.0673. The molecule has 1 aliphatic heterocycles. The molecule has 3 aromatic rings. The molecular weight excluding hydrogens is 435 g/mol. The zero-order valence-corrected chi connectivity index (χ0v) is 18.8. The van der Waals surface area contributed by atoms with E-state index in [1.807, 2.05) is 49.1 Å². The van der Waals surface area contributed by atoms with Crippen molar-refractivity contribution in [2.75, 3.05) is 24.5 Å². The van der Waals surface area contributed by atoms with Gasteiger partial charge in [-0.3, -0.25) is 4.79 Å². The van der Waals surface area contributed by atoms with Crippen molar-refractivity contribution in [2.45, 2.75) is 19.9 Å². The van der Waals surface area contributed by atoms with Crippen LogP contribution in [-0.2, 0) is 0 Å². The molecule has 1 fully saturated rings. The fourth-order valence-corrected chi connectivity index (χ4v) is 3.92. The molecule has 1 aliphatic rings. The molecule has 2 heterocycles. The molecule has 0 saturated carbocycles. The van der Waals surface area contributed by atoms with Crippen LogP contribution in [0.1, 0.15) is 22.8 Å². The maximum Gasteiger partial charge on any atom is 0.254 e. The van der Waals surface area contributed by atoms with Crippen molar-refractivity contribution in [3.8, 4) is 11.6 Å². The van der Waals surface area contributed by atoms with Crippen LogP contribution in [0.2, 0.25) is 10.0 Å². The molecular formula is C23H22Cl2N4O2. The van der Waals surface area contributed by atoms with Gasteiger partial charge in [-0.1, -0.05) is 35.3 Å². The minimum atomic E-state index is -0.0585. The number of hydrogen-bond acceptors (Lipinski definition) is 5. The topological polar surface area (TPSA) is 58.6 Å². The predicted octanol–water partition coefficient (Wildman–Crippen LogP) is 5.24. The lowest BCUT2D eigenvalue weighted by Crippen LogP contribution is -2.54. The first kappa shape index (κ1) is 21.4. The molecule has 1 aromatic heterocycles. The van der Waals surface area contributed by atoms with E-state index in [1.165, 1.54) is 6.33 Å². The third-order valence-corrected chi connectivity index (χ3v) is 5.96. The zero-order chi connectivity index (χ0) is 22.0. The smallest absolute Gasteiger partial charge is 0.254 e. The second-order valence-corrected chi connectivity index (χ2v) is 8.37. The number of anilines is 1. The van der Waals surface area contributed by atoms with Gasteiger partial charge in [0.1, 0.15) is 17.9 Å². The van der Waals surface area contributed by atoms with Crippen LogP contribution >= 0.6 is 23.2 Å². The van der Waals surface area contributed by atoms with E-state index in [2.05, 4.69) is 14.9 Å². The van der Waals surface area contributed by atoms with Crippen molar-refractivity contribution < 1.29 is 9.53 Å². The molecule has 0 unspecified atom stereocenters. The Labute approximate surface area is 191 Å². The highest BCUT2D eigenvalue weighted by molar-refractivity contribution is 6.42. The predicted molar refractivity (Wildman–Crippen MR) is 122 cm³/mol. The van der Waals surface area contributed by atoms with Crippen LogP contribution in [0.3, 0.4) is 0 Å². The highest BCUT2D eigenvalue weighted by Gasteiger charge is 2.29. The van der Waals surface area contributed by atoms with Gasteiger partial charge in [-0.15, -0.1) is 0 Å². The van der Waals surface area contributed by atoms with Crippen LogP contribution in [0.4, 0.5) is 5.82 Å². The fourth-order valence-electron chi connectivity index (χ4n) is 3.62. The summed E-state index contributed by atoms with van der Waals surface area (Å²) in [5.41, 5.74) is 1.65. The van der Waals surface area contributed by atoms with E-state index in [0.717, 1.165) is 17.1 Å². The Morgan fingerprint density at radius 2 is 1.90 bits per heavy atom. The van der Waals surface area contributed by atoms with Gasteiger partial charge in [0.2, 0.25) is 5.88 Å². The molecule has 31 heavy (non-hydrogen) atoms. The molecule has 0 aliphatic carbocycles. The summed E-state index contributed by atoms with van der Waals surface area (Å²) in [7, 11) is 0. The van der Waals surface area contributed by atoms with Gasteiger partial charge >= 0.3 is 0 Å². The lowest BCUT2D eigenvalue weighted by Gasteiger charge is -2.40. The van der Waals surface area contributed by atoms with E-state index in [0.29, 0.717) is 41.1 Å². The van der Waals surface area contributed by atoms with E-state index in [4.69, 9.17) is 27.9 Å². The molecule has 0 radical (unpaired) electrons. The summed E-state index contributed by atoms with van der Waals surface area (Å²) < 4.78 is 5.89. The van der Waals surface area contributed by atoms with Crippen LogP contribution in [0, 0.1) is 6.92 Å². The third-order valence-electron chi connectivity index (χ3n) is 5.22. The number of benzene rings is 2. The summed E-state index contributed by atoms with van der Waals surface area (Å²) in [6.07, 6.45) is 1.50. The van der Waals surface area contributed by atoms with Gasteiger partial charge in [0.15, 0.2) is 0 Å². The molecule has 8 heteroatoms. The van der Waals surface area contributed by atoms with Crippen molar-refractivity contribution in [1.29, 1.82) is 0 Å². The third kappa shape index (κ3) is 4.92. The van der Waals surface area contributed by atoms with E-state index >= 15 is 0 Å². The number of ether oxygens (including phenoxy) is 1. The summed E-state index contributed by atoms with van der Waals surface area (Å²) in [4.78, 5) is 25.6. The SMILES string of the molecule is Cc1cccc(Oc2cc(N3CCN(C(=O)c4ccc(Cl)c(Cl)c4)[C@H](C)C3)ncn2)c1. The van der Waals surface area contributed by atoms with Crippen LogP contribution in [0.25, 0.3) is 0 Å². The first-order valence-electron chi connectivity index (χ1n) is 9.98. The van der Waals surface area contributed by atoms with E-state index in [-0.39, 0.29) is 11.9 Å². The van der Waals surface area contributed by atoms with Crippen LogP contribution in [-0.4, -0.2) is 46.5 Å². The number of piperazine rings is 1. The van der Waals surface area contributed by atoms with Crippen molar-refractivity contribution in [3.63, 3.8) is 0 Å². The first-order valence-corrected chi connectivity index (χ1v) is 10.7. The highest BCUT2D eigenvalue weighted by Crippen LogP contribution is 2.26. The molecule has 4 rings (SSSR count). The van der Waals surface area contributed by atoms with Crippen molar-refractivity contribution in [1.82, 2.24) is 14.9 Å². The number of nitrogens with zero attached hydrogens (tertiary/aromatic N) is 4. The Morgan fingerprint density at radius 1 is 1.06 bits per heavy atom. The molecule has 1 saturated heterocycles. The van der Waals surface area contributed by atoms with Gasteiger partial charge in [-0.05, 0) is 49.7 Å². The summed E-state index contributed by atoms with van der Waals surface area (Å²) in [5.74, 6) is 1.93. The number of carbonyl (C=O) groups excluding carboxylic acids is 1. The number of aryl methyl sites for hydroxylation is 1. The Morgan fingerprint density at radius 3 is 2.65 bits per heavy atom. The van der Waals surface area contributed by atoms with Gasteiger partial charge in [0.05, 0.1) is 10.0 Å². The average molecular weight is 457 g/mol. The number of amides is 1. The summed E-state index contributed by atoms with van der Waals surface area (Å²) in [5, 5.41) is 0.810. The summed E-state index contributed by atoms with van der Waals surface area (Å²) in [6.45, 7) is 5.90. The summed E-state index contributed by atoms with van der Waals surface area (Å²) in [6, 6.07) is 14.6.